The van der Waals surface area contributed by atoms with E-state index in [1.807, 2.05) is 13.1 Å². The van der Waals surface area contributed by atoms with Gasteiger partial charge in [-0.05, 0) is 26.7 Å². The van der Waals surface area contributed by atoms with Crippen molar-refractivity contribution in [1.29, 1.82) is 0 Å². The molecule has 15 heavy (non-hydrogen) atoms. The van der Waals surface area contributed by atoms with E-state index in [1.54, 1.807) is 0 Å². The lowest BCUT2D eigenvalue weighted by molar-refractivity contribution is 0.777. The Morgan fingerprint density at radius 1 is 1.53 bits per heavy atom. The van der Waals surface area contributed by atoms with Gasteiger partial charge in [-0.3, -0.25) is 0 Å². The Morgan fingerprint density at radius 2 is 2.27 bits per heavy atom. The van der Waals surface area contributed by atoms with E-state index in [0.29, 0.717) is 12.6 Å². The molecule has 0 radical (unpaired) electrons. The van der Waals surface area contributed by atoms with Gasteiger partial charge in [-0.1, -0.05) is 0 Å². The summed E-state index contributed by atoms with van der Waals surface area (Å²) in [5.41, 5.74) is 7.62. The van der Waals surface area contributed by atoms with E-state index in [0.717, 1.165) is 23.8 Å². The third kappa shape index (κ3) is 2.09. The van der Waals surface area contributed by atoms with Crippen molar-refractivity contribution in [3.63, 3.8) is 0 Å². The van der Waals surface area contributed by atoms with E-state index in [9.17, 15) is 0 Å². The van der Waals surface area contributed by atoms with Crippen LogP contribution in [-0.4, -0.2) is 22.6 Å². The van der Waals surface area contributed by atoms with Crippen LogP contribution in [0.15, 0.2) is 6.20 Å². The van der Waals surface area contributed by atoms with Crippen molar-refractivity contribution >= 4 is 5.95 Å². The summed E-state index contributed by atoms with van der Waals surface area (Å²) in [6.07, 6.45) is 4.40. The van der Waals surface area contributed by atoms with Crippen LogP contribution in [-0.2, 0) is 6.54 Å². The van der Waals surface area contributed by atoms with Crippen LogP contribution in [0.5, 0.6) is 0 Å². The van der Waals surface area contributed by atoms with Crippen LogP contribution in [0.3, 0.4) is 0 Å². The van der Waals surface area contributed by atoms with E-state index >= 15 is 0 Å². The fraction of sp³-hybridized carbons (Fsp3) is 0.636. The van der Waals surface area contributed by atoms with E-state index in [2.05, 4.69) is 21.8 Å². The van der Waals surface area contributed by atoms with E-state index in [4.69, 9.17) is 5.73 Å². The first-order chi connectivity index (χ1) is 7.26. The predicted octanol–water partition coefficient (Wildman–Crippen LogP) is 1.23. The minimum atomic E-state index is 0.516. The van der Waals surface area contributed by atoms with Gasteiger partial charge in [0.2, 0.25) is 5.95 Å². The summed E-state index contributed by atoms with van der Waals surface area (Å²) < 4.78 is 0. The lowest BCUT2D eigenvalue weighted by Crippen LogP contribution is -2.27. The van der Waals surface area contributed by atoms with Gasteiger partial charge in [-0.25, -0.2) is 9.97 Å². The number of hydrogen-bond acceptors (Lipinski definition) is 4. The summed E-state index contributed by atoms with van der Waals surface area (Å²) in [4.78, 5) is 11.2. The van der Waals surface area contributed by atoms with Gasteiger partial charge in [0.25, 0.3) is 0 Å². The molecule has 2 N–H and O–H groups in total. The molecule has 1 aliphatic carbocycles. The van der Waals surface area contributed by atoms with Gasteiger partial charge in [0, 0.05) is 36.6 Å². The van der Waals surface area contributed by atoms with Crippen molar-refractivity contribution in [2.24, 2.45) is 5.73 Å². The SMILES string of the molecule is CCN(c1ncc(CN)c(C)n1)C1CC1. The molecule has 0 saturated heterocycles. The number of nitrogens with zero attached hydrogens (tertiary/aromatic N) is 3. The van der Waals surface area contributed by atoms with Crippen molar-refractivity contribution < 1.29 is 0 Å². The Hall–Kier alpha value is -1.16. The Kier molecular flexibility index (Phi) is 2.86. The van der Waals surface area contributed by atoms with Crippen molar-refractivity contribution in [2.45, 2.75) is 39.3 Å². The summed E-state index contributed by atoms with van der Waals surface area (Å²) in [6, 6.07) is 0.665. The molecule has 0 amide bonds. The molecule has 0 bridgehead atoms. The Morgan fingerprint density at radius 3 is 2.73 bits per heavy atom. The Bertz CT molecular complexity index is 346. The summed E-state index contributed by atoms with van der Waals surface area (Å²) in [7, 11) is 0. The molecule has 4 nitrogen and oxygen atoms in total. The molecule has 4 heteroatoms. The first-order valence-corrected chi connectivity index (χ1v) is 5.55. The zero-order valence-electron chi connectivity index (χ0n) is 9.40. The highest BCUT2D eigenvalue weighted by Crippen LogP contribution is 2.29. The van der Waals surface area contributed by atoms with Gasteiger partial charge in [-0.2, -0.15) is 0 Å². The van der Waals surface area contributed by atoms with Gasteiger partial charge < -0.3 is 10.6 Å². The molecular formula is C11H18N4. The topological polar surface area (TPSA) is 55.0 Å². The number of rotatable bonds is 4. The molecule has 1 aromatic rings. The molecule has 82 valence electrons. The number of aryl methyl sites for hydroxylation is 1. The van der Waals surface area contributed by atoms with Crippen molar-refractivity contribution in [2.75, 3.05) is 11.4 Å². The largest absolute Gasteiger partial charge is 0.338 e. The summed E-state index contributed by atoms with van der Waals surface area (Å²) in [5, 5.41) is 0. The normalized spacial score (nSPS) is 15.4. The minimum Gasteiger partial charge on any atom is -0.338 e. The summed E-state index contributed by atoms with van der Waals surface area (Å²) >= 11 is 0. The van der Waals surface area contributed by atoms with Crippen LogP contribution in [0.25, 0.3) is 0 Å². The van der Waals surface area contributed by atoms with Gasteiger partial charge >= 0.3 is 0 Å². The summed E-state index contributed by atoms with van der Waals surface area (Å²) in [5.74, 6) is 0.856. The van der Waals surface area contributed by atoms with E-state index in [1.165, 1.54) is 12.8 Å². The second-order valence-electron chi connectivity index (χ2n) is 4.00. The van der Waals surface area contributed by atoms with Crippen LogP contribution >= 0.6 is 0 Å². The monoisotopic (exact) mass is 206 g/mol. The lowest BCUT2D eigenvalue weighted by Gasteiger charge is -2.20. The van der Waals surface area contributed by atoms with Crippen molar-refractivity contribution in [3.8, 4) is 0 Å². The Labute approximate surface area is 90.5 Å². The molecule has 0 aliphatic heterocycles. The highest BCUT2D eigenvalue weighted by Gasteiger charge is 2.29. The number of anilines is 1. The number of aromatic nitrogens is 2. The first-order valence-electron chi connectivity index (χ1n) is 5.55. The highest BCUT2D eigenvalue weighted by atomic mass is 15.3. The number of hydrogen-bond donors (Lipinski definition) is 1. The van der Waals surface area contributed by atoms with Gasteiger partial charge in [0.1, 0.15) is 0 Å². The number of nitrogens with two attached hydrogens (primary N) is 1. The zero-order chi connectivity index (χ0) is 10.8. The van der Waals surface area contributed by atoms with Crippen LogP contribution < -0.4 is 10.6 Å². The maximum absolute atomic E-state index is 5.59. The van der Waals surface area contributed by atoms with E-state index in [-0.39, 0.29) is 0 Å². The third-order valence-electron chi connectivity index (χ3n) is 2.87. The molecule has 0 atom stereocenters. The molecule has 0 unspecified atom stereocenters. The van der Waals surface area contributed by atoms with Crippen molar-refractivity contribution in [1.82, 2.24) is 9.97 Å². The van der Waals surface area contributed by atoms with Gasteiger partial charge in [0.05, 0.1) is 0 Å². The van der Waals surface area contributed by atoms with E-state index < -0.39 is 0 Å². The average Bonchev–Trinajstić information content (AvgIpc) is 3.03. The quantitative estimate of drug-likeness (QED) is 0.805. The second kappa shape index (κ2) is 4.14. The van der Waals surface area contributed by atoms with Crippen LogP contribution in [0, 0.1) is 6.92 Å². The highest BCUT2D eigenvalue weighted by molar-refractivity contribution is 5.36. The maximum Gasteiger partial charge on any atom is 0.225 e. The molecule has 2 rings (SSSR count). The lowest BCUT2D eigenvalue weighted by atomic mass is 10.2. The Balaban J connectivity index is 2.23. The average molecular weight is 206 g/mol. The van der Waals surface area contributed by atoms with Crippen LogP contribution in [0.4, 0.5) is 5.95 Å². The maximum atomic E-state index is 5.59. The fourth-order valence-electron chi connectivity index (χ4n) is 1.77. The third-order valence-corrected chi connectivity index (χ3v) is 2.87. The first kappa shape index (κ1) is 10.4. The fourth-order valence-corrected chi connectivity index (χ4v) is 1.77. The standard InChI is InChI=1S/C11H18N4/c1-3-15(10-4-5-10)11-13-7-9(6-12)8(2)14-11/h7,10H,3-6,12H2,1-2H3. The minimum absolute atomic E-state index is 0.516. The summed E-state index contributed by atoms with van der Waals surface area (Å²) in [6.45, 7) is 5.63. The predicted molar refractivity (Wildman–Crippen MR) is 60.7 cm³/mol. The molecule has 1 aromatic heterocycles. The zero-order valence-corrected chi connectivity index (χ0v) is 9.40. The van der Waals surface area contributed by atoms with Crippen LogP contribution in [0.1, 0.15) is 31.0 Å². The molecule has 1 heterocycles. The second-order valence-corrected chi connectivity index (χ2v) is 4.00. The molecule has 1 saturated carbocycles. The van der Waals surface area contributed by atoms with Gasteiger partial charge in [0.15, 0.2) is 0 Å². The smallest absolute Gasteiger partial charge is 0.225 e. The van der Waals surface area contributed by atoms with Crippen molar-refractivity contribution in [3.05, 3.63) is 17.5 Å². The molecule has 0 aromatic carbocycles. The molecular weight excluding hydrogens is 188 g/mol. The molecule has 1 aliphatic rings. The van der Waals surface area contributed by atoms with Crippen LogP contribution in [0.2, 0.25) is 0 Å². The molecule has 0 spiro atoms. The molecule has 1 fully saturated rings. The van der Waals surface area contributed by atoms with Gasteiger partial charge in [-0.15, -0.1) is 0 Å².